The third-order valence-corrected chi connectivity index (χ3v) is 4.22. The summed E-state index contributed by atoms with van der Waals surface area (Å²) in [6.07, 6.45) is 12.0. The molecule has 0 saturated heterocycles. The Morgan fingerprint density at radius 2 is 1.16 bits per heavy atom. The Bertz CT molecular complexity index is 313. The number of aliphatic hydroxyl groups excluding tert-OH is 3. The van der Waals surface area contributed by atoms with Crippen LogP contribution in [0.2, 0.25) is 0 Å². The van der Waals surface area contributed by atoms with Crippen LogP contribution < -0.4 is 5.73 Å². The van der Waals surface area contributed by atoms with E-state index >= 15 is 0 Å². The van der Waals surface area contributed by atoms with Gasteiger partial charge in [-0.3, -0.25) is 4.52 Å². The number of hydrogen-bond acceptors (Lipinski definition) is 6. The average molecular weight is 387 g/mol. The van der Waals surface area contributed by atoms with E-state index < -0.39 is 33.2 Å². The van der Waals surface area contributed by atoms with Gasteiger partial charge in [0.15, 0.2) is 0 Å². The van der Waals surface area contributed by atoms with E-state index in [1.54, 1.807) is 0 Å². The highest BCUT2D eigenvalue weighted by molar-refractivity contribution is 7.46. The van der Waals surface area contributed by atoms with Gasteiger partial charge in [-0.05, 0) is 6.42 Å². The standard InChI is InChI=1S/C12H27O4P.C4H11NO3/c1-2-3-4-5-6-7-8-9-10-11-12-16-17(13,14)15;5-4(1-6,2-7)3-8/h2-12H2,1H3,(H2,13,14,15);6-8H,1-3,5H2. The van der Waals surface area contributed by atoms with Crippen molar-refractivity contribution in [1.29, 1.82) is 0 Å². The van der Waals surface area contributed by atoms with Crippen LogP contribution in [0.3, 0.4) is 0 Å². The monoisotopic (exact) mass is 387 g/mol. The van der Waals surface area contributed by atoms with Crippen LogP contribution in [0.4, 0.5) is 0 Å². The van der Waals surface area contributed by atoms with Crippen molar-refractivity contribution in [2.45, 2.75) is 76.7 Å². The lowest BCUT2D eigenvalue weighted by molar-refractivity contribution is 0.0697. The first-order valence-corrected chi connectivity index (χ1v) is 10.6. The van der Waals surface area contributed by atoms with E-state index in [2.05, 4.69) is 11.4 Å². The second-order valence-corrected chi connectivity index (χ2v) is 7.58. The minimum absolute atomic E-state index is 0.167. The molecule has 0 bridgehead atoms. The molecule has 0 unspecified atom stereocenters. The van der Waals surface area contributed by atoms with Crippen molar-refractivity contribution >= 4 is 7.82 Å². The molecule has 0 amide bonds. The maximum atomic E-state index is 10.4. The van der Waals surface area contributed by atoms with Gasteiger partial charge in [-0.2, -0.15) is 0 Å². The van der Waals surface area contributed by atoms with E-state index in [-0.39, 0.29) is 6.61 Å². The van der Waals surface area contributed by atoms with Gasteiger partial charge in [0.05, 0.1) is 32.0 Å². The molecule has 0 aromatic carbocycles. The van der Waals surface area contributed by atoms with Crippen molar-refractivity contribution in [3.8, 4) is 0 Å². The van der Waals surface area contributed by atoms with E-state index in [4.69, 9.17) is 30.8 Å². The van der Waals surface area contributed by atoms with Crippen LogP contribution >= 0.6 is 7.82 Å². The molecule has 0 aliphatic carbocycles. The molecule has 0 radical (unpaired) electrons. The van der Waals surface area contributed by atoms with Gasteiger partial charge in [0, 0.05) is 0 Å². The van der Waals surface area contributed by atoms with E-state index in [0.717, 1.165) is 19.3 Å². The number of rotatable bonds is 15. The molecule has 0 aromatic rings. The molecule has 0 aliphatic heterocycles. The Kier molecular flexibility index (Phi) is 18.9. The van der Waals surface area contributed by atoms with Crippen LogP contribution in [0, 0.1) is 0 Å². The van der Waals surface area contributed by atoms with E-state index in [1.807, 2.05) is 0 Å². The minimum Gasteiger partial charge on any atom is -0.394 e. The molecule has 0 saturated carbocycles. The van der Waals surface area contributed by atoms with Crippen molar-refractivity contribution in [1.82, 2.24) is 0 Å². The fourth-order valence-electron chi connectivity index (χ4n) is 1.92. The molecule has 0 aliphatic rings. The second-order valence-electron chi connectivity index (χ2n) is 6.34. The normalized spacial score (nSPS) is 12.0. The topological polar surface area (TPSA) is 153 Å². The van der Waals surface area contributed by atoms with Gasteiger partial charge in [0.2, 0.25) is 0 Å². The Hall–Kier alpha value is -0.0500. The lowest BCUT2D eigenvalue weighted by Crippen LogP contribution is -2.50. The van der Waals surface area contributed by atoms with Crippen LogP contribution in [0.5, 0.6) is 0 Å². The van der Waals surface area contributed by atoms with Crippen LogP contribution in [-0.4, -0.2) is 57.1 Å². The molecule has 0 fully saturated rings. The molecular weight excluding hydrogens is 349 g/mol. The third kappa shape index (κ3) is 21.9. The number of unbranched alkanes of at least 4 members (excludes halogenated alkanes) is 9. The molecule has 0 aromatic heterocycles. The zero-order valence-corrected chi connectivity index (χ0v) is 16.4. The number of nitrogens with two attached hydrogens (primary N) is 1. The summed E-state index contributed by atoms with van der Waals surface area (Å²) in [6.45, 7) is 1.18. The van der Waals surface area contributed by atoms with Gasteiger partial charge < -0.3 is 30.8 Å². The van der Waals surface area contributed by atoms with Gasteiger partial charge in [-0.25, -0.2) is 4.57 Å². The van der Waals surface area contributed by atoms with Crippen LogP contribution in [0.25, 0.3) is 0 Å². The van der Waals surface area contributed by atoms with Crippen molar-refractivity contribution in [3.05, 3.63) is 0 Å². The van der Waals surface area contributed by atoms with Crippen LogP contribution in [0.15, 0.2) is 0 Å². The fraction of sp³-hybridized carbons (Fsp3) is 1.00. The molecule has 9 heteroatoms. The summed E-state index contributed by atoms with van der Waals surface area (Å²) in [5, 5.41) is 25.0. The maximum absolute atomic E-state index is 10.4. The average Bonchev–Trinajstić information content (AvgIpc) is 2.58. The highest BCUT2D eigenvalue weighted by Gasteiger charge is 2.20. The smallest absolute Gasteiger partial charge is 0.394 e. The summed E-state index contributed by atoms with van der Waals surface area (Å²) in [6, 6.07) is 0. The van der Waals surface area contributed by atoms with Crippen LogP contribution in [0.1, 0.15) is 71.1 Å². The van der Waals surface area contributed by atoms with Gasteiger partial charge in [0.1, 0.15) is 0 Å². The minimum atomic E-state index is -4.24. The first-order valence-electron chi connectivity index (χ1n) is 9.06. The quantitative estimate of drug-likeness (QED) is 0.183. The van der Waals surface area contributed by atoms with Gasteiger partial charge >= 0.3 is 7.82 Å². The fourth-order valence-corrected chi connectivity index (χ4v) is 2.29. The predicted octanol–water partition coefficient (Wildman–Crippen LogP) is 1.68. The Morgan fingerprint density at radius 1 is 0.800 bits per heavy atom. The van der Waals surface area contributed by atoms with Crippen molar-refractivity contribution in [3.63, 3.8) is 0 Å². The summed E-state index contributed by atoms with van der Waals surface area (Å²) >= 11 is 0. The summed E-state index contributed by atoms with van der Waals surface area (Å²) in [7, 11) is -4.24. The molecule has 0 atom stereocenters. The second kappa shape index (κ2) is 17.4. The molecular formula is C16H38NO7P. The zero-order chi connectivity index (χ0) is 19.6. The van der Waals surface area contributed by atoms with Crippen molar-refractivity contribution in [2.75, 3.05) is 26.4 Å². The SMILES string of the molecule is CCCCCCCCCCCCOP(=O)(O)O.NC(CO)(CO)CO. The number of phosphoric acid groups is 1. The first-order chi connectivity index (χ1) is 11.7. The van der Waals surface area contributed by atoms with Gasteiger partial charge in [0.25, 0.3) is 0 Å². The zero-order valence-electron chi connectivity index (χ0n) is 15.5. The molecule has 0 rings (SSSR count). The first kappa shape index (κ1) is 27.2. The summed E-state index contributed by atoms with van der Waals surface area (Å²) in [5.41, 5.74) is 3.94. The van der Waals surface area contributed by atoms with E-state index in [9.17, 15) is 4.57 Å². The Balaban J connectivity index is 0. The summed E-state index contributed by atoms with van der Waals surface area (Å²) in [4.78, 5) is 16.9. The molecule has 0 heterocycles. The lowest BCUT2D eigenvalue weighted by Gasteiger charge is -2.20. The molecule has 8 nitrogen and oxygen atoms in total. The van der Waals surface area contributed by atoms with Gasteiger partial charge in [-0.1, -0.05) is 64.7 Å². The third-order valence-electron chi connectivity index (χ3n) is 3.70. The lowest BCUT2D eigenvalue weighted by atomic mass is 10.1. The largest absolute Gasteiger partial charge is 0.469 e. The molecule has 7 N–H and O–H groups in total. The van der Waals surface area contributed by atoms with E-state index in [1.165, 1.54) is 44.9 Å². The Labute approximate surface area is 151 Å². The van der Waals surface area contributed by atoms with Crippen molar-refractivity contribution < 1.29 is 34.2 Å². The van der Waals surface area contributed by atoms with Crippen molar-refractivity contribution in [2.24, 2.45) is 5.73 Å². The molecule has 154 valence electrons. The summed E-state index contributed by atoms with van der Waals surface area (Å²) < 4.78 is 14.7. The highest BCUT2D eigenvalue weighted by atomic mass is 31.2. The maximum Gasteiger partial charge on any atom is 0.469 e. The van der Waals surface area contributed by atoms with Gasteiger partial charge in [-0.15, -0.1) is 0 Å². The number of phosphoric ester groups is 1. The van der Waals surface area contributed by atoms with Crippen LogP contribution in [-0.2, 0) is 9.09 Å². The Morgan fingerprint density at radius 3 is 1.44 bits per heavy atom. The molecule has 25 heavy (non-hydrogen) atoms. The summed E-state index contributed by atoms with van der Waals surface area (Å²) in [5.74, 6) is 0. The number of aliphatic hydroxyl groups is 3. The highest BCUT2D eigenvalue weighted by Crippen LogP contribution is 2.35. The number of hydrogen-bond donors (Lipinski definition) is 6. The van der Waals surface area contributed by atoms with E-state index in [0.29, 0.717) is 0 Å². The molecule has 0 spiro atoms. The predicted molar refractivity (Wildman–Crippen MR) is 98.0 cm³/mol.